The molecule has 0 aliphatic carbocycles. The van der Waals surface area contributed by atoms with Crippen LogP contribution in [0.5, 0.6) is 0 Å². The second-order valence-corrected chi connectivity index (χ2v) is 3.94. The maximum Gasteiger partial charge on any atom is 0.363 e. The highest BCUT2D eigenvalue weighted by Gasteiger charge is 2.09. The lowest BCUT2D eigenvalue weighted by molar-refractivity contribution is 0.0595. The average molecular weight is 256 g/mol. The Kier molecular flexibility index (Phi) is 3.87. The first-order chi connectivity index (χ1) is 9.20. The molecule has 0 amide bonds. The monoisotopic (exact) mass is 256 g/mol. The third kappa shape index (κ3) is 3.16. The molecule has 0 aromatic heterocycles. The van der Waals surface area contributed by atoms with Crippen LogP contribution in [0.1, 0.15) is 15.9 Å². The van der Waals surface area contributed by atoms with E-state index in [0.29, 0.717) is 16.9 Å². The van der Waals surface area contributed by atoms with Crippen molar-refractivity contribution in [3.05, 3.63) is 64.6 Å². The van der Waals surface area contributed by atoms with Crippen molar-refractivity contribution >= 4 is 17.3 Å². The van der Waals surface area contributed by atoms with Gasteiger partial charge in [-0.2, -0.15) is 0 Å². The Morgan fingerprint density at radius 2 is 1.79 bits per heavy atom. The van der Waals surface area contributed by atoms with Gasteiger partial charge < -0.3 is 4.84 Å². The van der Waals surface area contributed by atoms with E-state index in [1.165, 1.54) is 12.1 Å². The molecule has 2 aromatic carbocycles. The standard InChI is InChI=1S/C14H12N2O3/c1-10-4-2-3-5-13(10)14(17)19-16-12-8-6-11(15-18)7-9-12/h2-9,16H,1H3. The maximum atomic E-state index is 11.8. The fourth-order valence-corrected chi connectivity index (χ4v) is 1.55. The molecule has 1 N–H and O–H groups in total. The number of anilines is 1. The third-order valence-electron chi connectivity index (χ3n) is 2.60. The summed E-state index contributed by atoms with van der Waals surface area (Å²) in [5.41, 5.74) is 4.75. The molecule has 0 radical (unpaired) electrons. The average Bonchev–Trinajstić information content (AvgIpc) is 2.46. The number of benzene rings is 2. The Bertz CT molecular complexity index is 594. The molecule has 2 rings (SSSR count). The molecule has 5 nitrogen and oxygen atoms in total. The van der Waals surface area contributed by atoms with Crippen LogP contribution in [-0.2, 0) is 4.84 Å². The Balaban J connectivity index is 2.00. The highest BCUT2D eigenvalue weighted by atomic mass is 16.7. The summed E-state index contributed by atoms with van der Waals surface area (Å²) in [6.07, 6.45) is 0. The lowest BCUT2D eigenvalue weighted by atomic mass is 10.1. The molecule has 2 aromatic rings. The summed E-state index contributed by atoms with van der Waals surface area (Å²) >= 11 is 0. The third-order valence-corrected chi connectivity index (χ3v) is 2.60. The smallest absolute Gasteiger partial charge is 0.338 e. The van der Waals surface area contributed by atoms with Gasteiger partial charge in [0, 0.05) is 0 Å². The molecule has 0 spiro atoms. The van der Waals surface area contributed by atoms with Crippen LogP contribution in [0.15, 0.2) is 53.7 Å². The zero-order valence-electron chi connectivity index (χ0n) is 10.3. The number of aryl methyl sites for hydroxylation is 1. The second-order valence-electron chi connectivity index (χ2n) is 3.94. The van der Waals surface area contributed by atoms with Gasteiger partial charge in [-0.3, -0.25) is 0 Å². The number of carbonyl (C=O) groups is 1. The van der Waals surface area contributed by atoms with Crippen molar-refractivity contribution in [2.45, 2.75) is 6.92 Å². The summed E-state index contributed by atoms with van der Waals surface area (Å²) in [4.78, 5) is 27.0. The van der Waals surface area contributed by atoms with Crippen LogP contribution in [0.25, 0.3) is 0 Å². The molecule has 0 saturated heterocycles. The van der Waals surface area contributed by atoms with Crippen LogP contribution in [0.3, 0.4) is 0 Å². The molecule has 0 heterocycles. The summed E-state index contributed by atoms with van der Waals surface area (Å²) in [6.45, 7) is 1.83. The van der Waals surface area contributed by atoms with Gasteiger partial charge in [0.05, 0.1) is 11.3 Å². The molecule has 0 unspecified atom stereocenters. The molecule has 5 heteroatoms. The van der Waals surface area contributed by atoms with Crippen molar-refractivity contribution < 1.29 is 9.63 Å². The van der Waals surface area contributed by atoms with Crippen LogP contribution >= 0.6 is 0 Å². The van der Waals surface area contributed by atoms with E-state index in [1.54, 1.807) is 24.3 Å². The van der Waals surface area contributed by atoms with Crippen LogP contribution in [0, 0.1) is 11.8 Å². The minimum Gasteiger partial charge on any atom is -0.338 e. The summed E-state index contributed by atoms with van der Waals surface area (Å²) in [7, 11) is 0. The molecule has 0 atom stereocenters. The van der Waals surface area contributed by atoms with Gasteiger partial charge >= 0.3 is 5.97 Å². The van der Waals surface area contributed by atoms with Gasteiger partial charge in [0.15, 0.2) is 0 Å². The molecular weight excluding hydrogens is 244 g/mol. The molecular formula is C14H12N2O3. The summed E-state index contributed by atoms with van der Waals surface area (Å²) in [5.74, 6) is -0.462. The van der Waals surface area contributed by atoms with Gasteiger partial charge in [0.2, 0.25) is 0 Å². The topological polar surface area (TPSA) is 67.8 Å². The molecule has 0 bridgehead atoms. The van der Waals surface area contributed by atoms with E-state index >= 15 is 0 Å². The number of nitroso groups, excluding NO2 is 1. The summed E-state index contributed by atoms with van der Waals surface area (Å²) in [5, 5.41) is 2.78. The lowest BCUT2D eigenvalue weighted by Crippen LogP contribution is -2.11. The van der Waals surface area contributed by atoms with E-state index in [9.17, 15) is 9.70 Å². The molecule has 19 heavy (non-hydrogen) atoms. The summed E-state index contributed by atoms with van der Waals surface area (Å²) < 4.78 is 0. The zero-order chi connectivity index (χ0) is 13.7. The van der Waals surface area contributed by atoms with E-state index in [2.05, 4.69) is 10.7 Å². The fourth-order valence-electron chi connectivity index (χ4n) is 1.55. The normalized spacial score (nSPS) is 9.74. The van der Waals surface area contributed by atoms with Crippen LogP contribution in [0.4, 0.5) is 11.4 Å². The maximum absolute atomic E-state index is 11.8. The number of hydrogen-bond donors (Lipinski definition) is 1. The number of nitrogens with one attached hydrogen (secondary N) is 1. The highest BCUT2D eigenvalue weighted by Crippen LogP contribution is 2.16. The first kappa shape index (κ1) is 12.8. The molecule has 0 aliphatic rings. The van der Waals surface area contributed by atoms with Crippen LogP contribution < -0.4 is 5.48 Å². The van der Waals surface area contributed by atoms with Gasteiger partial charge in [-0.15, -0.1) is 4.91 Å². The van der Waals surface area contributed by atoms with Crippen molar-refractivity contribution in [1.82, 2.24) is 0 Å². The molecule has 0 aliphatic heterocycles. The SMILES string of the molecule is Cc1ccccc1C(=O)ONc1ccc(N=O)cc1. The van der Waals surface area contributed by atoms with Crippen molar-refractivity contribution in [2.24, 2.45) is 5.18 Å². The van der Waals surface area contributed by atoms with E-state index in [4.69, 9.17) is 4.84 Å². The second kappa shape index (κ2) is 5.77. The van der Waals surface area contributed by atoms with Crippen LogP contribution in [-0.4, -0.2) is 5.97 Å². The first-order valence-corrected chi connectivity index (χ1v) is 5.67. The zero-order valence-corrected chi connectivity index (χ0v) is 10.3. The van der Waals surface area contributed by atoms with Gasteiger partial charge in [-0.1, -0.05) is 18.2 Å². The Hall–Kier alpha value is -2.69. The molecule has 0 fully saturated rings. The molecule has 96 valence electrons. The van der Waals surface area contributed by atoms with Gasteiger partial charge in [-0.05, 0) is 48.0 Å². The van der Waals surface area contributed by atoms with Gasteiger partial charge in [0.1, 0.15) is 5.69 Å². The van der Waals surface area contributed by atoms with Crippen molar-refractivity contribution in [1.29, 1.82) is 0 Å². The number of nitrogens with zero attached hydrogens (tertiary/aromatic N) is 1. The van der Waals surface area contributed by atoms with E-state index < -0.39 is 5.97 Å². The number of hydrogen-bond acceptors (Lipinski definition) is 5. The number of carbonyl (C=O) groups excluding carboxylic acids is 1. The Labute approximate surface area is 110 Å². The van der Waals surface area contributed by atoms with E-state index in [-0.39, 0.29) is 0 Å². The predicted molar refractivity (Wildman–Crippen MR) is 72.1 cm³/mol. The Morgan fingerprint density at radius 3 is 2.42 bits per heavy atom. The number of rotatable bonds is 4. The fraction of sp³-hybridized carbons (Fsp3) is 0.0714. The Morgan fingerprint density at radius 1 is 1.11 bits per heavy atom. The largest absolute Gasteiger partial charge is 0.363 e. The van der Waals surface area contributed by atoms with E-state index in [1.807, 2.05) is 19.1 Å². The minimum absolute atomic E-state index is 0.316. The predicted octanol–water partition coefficient (Wildman–Crippen LogP) is 3.58. The van der Waals surface area contributed by atoms with Crippen molar-refractivity contribution in [3.8, 4) is 0 Å². The van der Waals surface area contributed by atoms with Crippen LogP contribution in [0.2, 0.25) is 0 Å². The first-order valence-electron chi connectivity index (χ1n) is 5.67. The van der Waals surface area contributed by atoms with Gasteiger partial charge in [-0.25, -0.2) is 10.3 Å². The quantitative estimate of drug-likeness (QED) is 0.670. The highest BCUT2D eigenvalue weighted by molar-refractivity contribution is 5.91. The molecule has 0 saturated carbocycles. The van der Waals surface area contributed by atoms with Crippen molar-refractivity contribution in [2.75, 3.05) is 5.48 Å². The van der Waals surface area contributed by atoms with Gasteiger partial charge in [0.25, 0.3) is 0 Å². The van der Waals surface area contributed by atoms with Crippen molar-refractivity contribution in [3.63, 3.8) is 0 Å². The summed E-state index contributed by atoms with van der Waals surface area (Å²) in [6, 6.07) is 13.4. The van der Waals surface area contributed by atoms with E-state index in [0.717, 1.165) is 5.56 Å². The lowest BCUT2D eigenvalue weighted by Gasteiger charge is -2.08. The minimum atomic E-state index is -0.462.